The molecule has 2 aromatic heterocycles. The topological polar surface area (TPSA) is 215 Å². The lowest BCUT2D eigenvalue weighted by Crippen LogP contribution is -2.32. The average molecular weight is 629 g/mol. The Balaban J connectivity index is 1.48. The van der Waals surface area contributed by atoms with Gasteiger partial charge in [0.2, 0.25) is 0 Å². The van der Waals surface area contributed by atoms with Gasteiger partial charge in [0.15, 0.2) is 5.84 Å². The first-order chi connectivity index (χ1) is 20.3. The number of benzene rings is 2. The second-order valence-corrected chi connectivity index (χ2v) is 13.2. The van der Waals surface area contributed by atoms with Crippen LogP contribution in [0.3, 0.4) is 0 Å². The van der Waals surface area contributed by atoms with Crippen molar-refractivity contribution in [1.29, 1.82) is 0 Å². The molecule has 226 valence electrons. The molecular formula is C27H28N6O8S2. The van der Waals surface area contributed by atoms with E-state index in [-0.39, 0.29) is 55.9 Å². The van der Waals surface area contributed by atoms with E-state index in [4.69, 9.17) is 5.11 Å². The smallest absolute Gasteiger partial charge is 0.335 e. The average Bonchev–Trinajstić information content (AvgIpc) is 2.92. The predicted molar refractivity (Wildman–Crippen MR) is 164 cm³/mol. The van der Waals surface area contributed by atoms with Gasteiger partial charge < -0.3 is 15.5 Å². The first kappa shape index (κ1) is 29.8. The van der Waals surface area contributed by atoms with Crippen molar-refractivity contribution < 1.29 is 32.5 Å². The minimum absolute atomic E-state index is 0.00463. The number of nitrogens with one attached hydrogen (secondary N) is 3. The highest BCUT2D eigenvalue weighted by molar-refractivity contribution is 8.23. The van der Waals surface area contributed by atoms with Crippen LogP contribution in [0, 0.1) is 5.92 Å². The summed E-state index contributed by atoms with van der Waals surface area (Å²) in [5.74, 6) is -1.67. The molecule has 3 heterocycles. The van der Waals surface area contributed by atoms with E-state index in [1.807, 2.05) is 13.8 Å². The molecule has 0 saturated carbocycles. The van der Waals surface area contributed by atoms with Gasteiger partial charge in [0.25, 0.3) is 5.56 Å². The number of carboxylic acids is 1. The Bertz CT molecular complexity index is 1960. The fraction of sp³-hybridized carbons (Fsp3) is 0.185. The summed E-state index contributed by atoms with van der Waals surface area (Å²) in [6.45, 7) is 4.31. The number of aromatic carboxylic acids is 1. The molecule has 0 spiro atoms. The van der Waals surface area contributed by atoms with Gasteiger partial charge in [0.05, 0.1) is 28.0 Å². The van der Waals surface area contributed by atoms with E-state index in [2.05, 4.69) is 24.1 Å². The molecule has 14 nitrogen and oxygen atoms in total. The van der Waals surface area contributed by atoms with Gasteiger partial charge in [-0.25, -0.2) is 9.78 Å². The molecule has 0 aliphatic carbocycles. The van der Waals surface area contributed by atoms with E-state index in [1.165, 1.54) is 41.1 Å². The number of rotatable bonds is 9. The van der Waals surface area contributed by atoms with Crippen molar-refractivity contribution in [1.82, 2.24) is 9.55 Å². The second kappa shape index (κ2) is 11.2. The van der Waals surface area contributed by atoms with Gasteiger partial charge in [0, 0.05) is 12.7 Å². The second-order valence-electron chi connectivity index (χ2n) is 10.1. The Morgan fingerprint density at radius 3 is 2.49 bits per heavy atom. The summed E-state index contributed by atoms with van der Waals surface area (Å²) in [4.78, 5) is 28.9. The Hall–Kier alpha value is -4.64. The summed E-state index contributed by atoms with van der Waals surface area (Å²) in [7, 11) is -8.27. The lowest BCUT2D eigenvalue weighted by atomic mass is 10.1. The number of pyridine rings is 2. The van der Waals surface area contributed by atoms with E-state index < -0.39 is 38.3 Å². The number of carbonyl (C=O) groups is 1. The normalized spacial score (nSPS) is 14.9. The molecule has 5 rings (SSSR count). The zero-order valence-electron chi connectivity index (χ0n) is 22.8. The third kappa shape index (κ3) is 6.12. The number of nitrogens with zero attached hydrogens (tertiary/aromatic N) is 3. The molecule has 0 amide bonds. The molecule has 0 saturated heterocycles. The van der Waals surface area contributed by atoms with Crippen molar-refractivity contribution in [3.8, 4) is 5.75 Å². The van der Waals surface area contributed by atoms with Gasteiger partial charge in [0.1, 0.15) is 21.9 Å². The third-order valence-electron chi connectivity index (χ3n) is 6.52. The lowest BCUT2D eigenvalue weighted by molar-refractivity contribution is 0.0697. The molecule has 2 aromatic carbocycles. The molecule has 7 N–H and O–H groups in total. The zero-order chi connectivity index (χ0) is 31.1. The highest BCUT2D eigenvalue weighted by Gasteiger charge is 2.31. The summed E-state index contributed by atoms with van der Waals surface area (Å²) in [6, 6.07) is 12.2. The number of aromatic hydroxyl groups is 1. The van der Waals surface area contributed by atoms with Crippen LogP contribution in [0.5, 0.6) is 5.75 Å². The monoisotopic (exact) mass is 628 g/mol. The number of carboxylic acid groups (broad SMARTS) is 1. The fourth-order valence-electron chi connectivity index (χ4n) is 4.47. The minimum Gasteiger partial charge on any atom is -0.506 e. The SMILES string of the molecule is CC(C)CCn1c(=O)c(C2=NS(O)(O)c3cc(NS(=O)(=O)Nc4cccc(C(=O)O)c4)ccc3N2)c(O)c2cccnc21. The van der Waals surface area contributed by atoms with Crippen LogP contribution >= 0.6 is 10.8 Å². The lowest BCUT2D eigenvalue weighted by Gasteiger charge is -2.34. The number of aromatic nitrogens is 2. The zero-order valence-corrected chi connectivity index (χ0v) is 24.5. The Kier molecular flexibility index (Phi) is 7.78. The van der Waals surface area contributed by atoms with E-state index in [0.717, 1.165) is 12.1 Å². The van der Waals surface area contributed by atoms with Crippen LogP contribution in [-0.4, -0.2) is 49.1 Å². The maximum absolute atomic E-state index is 13.6. The van der Waals surface area contributed by atoms with Gasteiger partial charge >= 0.3 is 16.2 Å². The number of anilines is 3. The number of aryl methyl sites for hydroxylation is 1. The van der Waals surface area contributed by atoms with Crippen LogP contribution in [0.2, 0.25) is 0 Å². The molecule has 43 heavy (non-hydrogen) atoms. The van der Waals surface area contributed by atoms with Gasteiger partial charge in [-0.2, -0.15) is 8.42 Å². The highest BCUT2D eigenvalue weighted by atomic mass is 32.3. The number of amidine groups is 1. The first-order valence-corrected chi connectivity index (χ1v) is 15.9. The predicted octanol–water partition coefficient (Wildman–Crippen LogP) is 4.51. The van der Waals surface area contributed by atoms with Crippen molar-refractivity contribution >= 4 is 60.9 Å². The summed E-state index contributed by atoms with van der Waals surface area (Å²) < 4.78 is 57.3. The van der Waals surface area contributed by atoms with Crippen molar-refractivity contribution in [2.75, 3.05) is 14.8 Å². The highest BCUT2D eigenvalue weighted by Crippen LogP contribution is 2.56. The van der Waals surface area contributed by atoms with Gasteiger partial charge in [-0.05, 0) is 60.9 Å². The first-order valence-electron chi connectivity index (χ1n) is 12.9. The quantitative estimate of drug-likeness (QED) is 0.138. The van der Waals surface area contributed by atoms with Crippen molar-refractivity contribution in [2.45, 2.75) is 31.7 Å². The number of hydrogen-bond acceptors (Lipinski definition) is 10. The molecule has 0 fully saturated rings. The van der Waals surface area contributed by atoms with E-state index >= 15 is 0 Å². The molecule has 0 unspecified atom stereocenters. The number of fused-ring (bicyclic) bond motifs is 2. The van der Waals surface area contributed by atoms with Crippen LogP contribution in [0.1, 0.15) is 36.2 Å². The van der Waals surface area contributed by atoms with Crippen LogP contribution in [0.25, 0.3) is 11.0 Å². The molecule has 0 radical (unpaired) electrons. The summed E-state index contributed by atoms with van der Waals surface area (Å²) in [6.07, 6.45) is 2.15. The Morgan fingerprint density at radius 2 is 1.79 bits per heavy atom. The maximum atomic E-state index is 13.6. The van der Waals surface area contributed by atoms with Crippen LogP contribution in [-0.2, 0) is 16.8 Å². The Morgan fingerprint density at radius 1 is 1.07 bits per heavy atom. The fourth-order valence-corrected chi connectivity index (χ4v) is 6.59. The van der Waals surface area contributed by atoms with E-state index in [1.54, 1.807) is 12.1 Å². The van der Waals surface area contributed by atoms with Crippen LogP contribution in [0.15, 0.2) is 74.9 Å². The van der Waals surface area contributed by atoms with Gasteiger partial charge in [-0.3, -0.25) is 27.9 Å². The molecule has 0 atom stereocenters. The molecular weight excluding hydrogens is 600 g/mol. The van der Waals surface area contributed by atoms with Crippen molar-refractivity contribution in [2.24, 2.45) is 10.3 Å². The number of hydrogen-bond donors (Lipinski definition) is 7. The summed E-state index contributed by atoms with van der Waals surface area (Å²) in [5, 5.41) is 23.4. The van der Waals surface area contributed by atoms with Crippen LogP contribution in [0.4, 0.5) is 17.1 Å². The standard InChI is InChI=1S/C27H28N6O8S2/c1-15(2)10-12-33-25-19(7-4-11-28-25)23(34)22(26(33)35)24-29-20-9-8-18(14-21(20)42(38,39)32-24)31-43(40,41)30-17-6-3-5-16(13-17)27(36)37/h3-9,11,13-15,30-31,34,38-39H,10,12H2,1-2H3,(H,29,32)(H,36,37). The Labute approximate surface area is 247 Å². The third-order valence-corrected chi connectivity index (χ3v) is 8.90. The largest absolute Gasteiger partial charge is 0.506 e. The molecule has 0 bridgehead atoms. The maximum Gasteiger partial charge on any atom is 0.335 e. The van der Waals surface area contributed by atoms with E-state index in [9.17, 15) is 32.2 Å². The van der Waals surface area contributed by atoms with Gasteiger partial charge in [-0.1, -0.05) is 30.7 Å². The molecule has 4 aromatic rings. The minimum atomic E-state index is -4.28. The van der Waals surface area contributed by atoms with Gasteiger partial charge in [-0.15, -0.1) is 4.40 Å². The van der Waals surface area contributed by atoms with Crippen molar-refractivity contribution in [3.05, 3.63) is 82.3 Å². The van der Waals surface area contributed by atoms with Crippen molar-refractivity contribution in [3.63, 3.8) is 0 Å². The van der Waals surface area contributed by atoms with Crippen LogP contribution < -0.4 is 20.3 Å². The molecule has 1 aliphatic heterocycles. The summed E-state index contributed by atoms with van der Waals surface area (Å²) >= 11 is 0. The van der Waals surface area contributed by atoms with E-state index in [0.29, 0.717) is 13.0 Å². The molecule has 1 aliphatic rings. The molecule has 16 heteroatoms. The summed E-state index contributed by atoms with van der Waals surface area (Å²) in [5.41, 5.74) is -0.689.